The fourth-order valence-electron chi connectivity index (χ4n) is 2.82. The Balaban J connectivity index is 1.86. The van der Waals surface area contributed by atoms with Gasteiger partial charge < -0.3 is 0 Å². The van der Waals surface area contributed by atoms with Gasteiger partial charge in [0.2, 0.25) is 0 Å². The molecule has 0 heterocycles. The Morgan fingerprint density at radius 3 is 2.32 bits per heavy atom. The number of nitro groups is 1. The molecule has 2 aromatic carbocycles. The van der Waals surface area contributed by atoms with Gasteiger partial charge in [0.05, 0.1) is 4.92 Å². The van der Waals surface area contributed by atoms with Crippen molar-refractivity contribution >= 4 is 5.69 Å². The smallest absolute Gasteiger partial charge is 0.258 e. The normalized spacial score (nSPS) is 25.0. The zero-order valence-corrected chi connectivity index (χ0v) is 10.7. The van der Waals surface area contributed by atoms with Crippen LogP contribution < -0.4 is 0 Å². The highest BCUT2D eigenvalue weighted by molar-refractivity contribution is 5.45. The van der Waals surface area contributed by atoms with Crippen molar-refractivity contribution in [2.45, 2.75) is 24.7 Å². The molecule has 2 atom stereocenters. The van der Waals surface area contributed by atoms with Crippen molar-refractivity contribution in [2.24, 2.45) is 0 Å². The maximum Gasteiger partial charge on any atom is 0.269 e. The van der Waals surface area contributed by atoms with Crippen LogP contribution in [0.1, 0.15) is 30.4 Å². The monoisotopic (exact) mass is 253 g/mol. The van der Waals surface area contributed by atoms with Crippen LogP contribution in [-0.4, -0.2) is 4.92 Å². The molecule has 0 aromatic heterocycles. The molecule has 0 N–H and O–H groups in total. The lowest BCUT2D eigenvalue weighted by Crippen LogP contribution is -2.03. The first-order valence-electron chi connectivity index (χ1n) is 6.41. The van der Waals surface area contributed by atoms with E-state index in [1.807, 2.05) is 18.2 Å². The minimum atomic E-state index is -0.353. The predicted molar refractivity (Wildman–Crippen MR) is 74.2 cm³/mol. The first-order chi connectivity index (χ1) is 9.11. The third-order valence-corrected chi connectivity index (χ3v) is 4.18. The maximum atomic E-state index is 10.7. The van der Waals surface area contributed by atoms with Gasteiger partial charge in [-0.05, 0) is 28.9 Å². The molecule has 96 valence electrons. The summed E-state index contributed by atoms with van der Waals surface area (Å²) in [7, 11) is 0. The summed E-state index contributed by atoms with van der Waals surface area (Å²) in [5.74, 6) is 0.523. The lowest BCUT2D eigenvalue weighted by atomic mass is 9.92. The van der Waals surface area contributed by atoms with Crippen LogP contribution in [-0.2, 0) is 5.41 Å². The molecule has 3 rings (SSSR count). The van der Waals surface area contributed by atoms with Crippen molar-refractivity contribution in [3.8, 4) is 0 Å². The second-order valence-corrected chi connectivity index (χ2v) is 5.39. The third-order valence-electron chi connectivity index (χ3n) is 4.18. The lowest BCUT2D eigenvalue weighted by molar-refractivity contribution is -0.384. The summed E-state index contributed by atoms with van der Waals surface area (Å²) >= 11 is 0. The summed E-state index contributed by atoms with van der Waals surface area (Å²) < 4.78 is 0. The van der Waals surface area contributed by atoms with Crippen LogP contribution in [0, 0.1) is 10.1 Å². The van der Waals surface area contributed by atoms with E-state index in [9.17, 15) is 10.1 Å². The molecule has 1 saturated carbocycles. The molecule has 0 aliphatic heterocycles. The lowest BCUT2D eigenvalue weighted by Gasteiger charge is -2.11. The van der Waals surface area contributed by atoms with Crippen LogP contribution in [0.2, 0.25) is 0 Å². The molecule has 0 radical (unpaired) electrons. The standard InChI is InChI=1S/C16H15NO2/c1-16(11-15(16)12-5-3-2-4-6-12)13-7-9-14(10-8-13)17(18)19/h2-10,15H,11H2,1H3. The van der Waals surface area contributed by atoms with Gasteiger partial charge in [-0.1, -0.05) is 49.4 Å². The number of rotatable bonds is 3. The summed E-state index contributed by atoms with van der Waals surface area (Å²) in [6.45, 7) is 2.23. The molecule has 1 aliphatic carbocycles. The number of hydrogen-bond donors (Lipinski definition) is 0. The van der Waals surface area contributed by atoms with Crippen LogP contribution in [0.25, 0.3) is 0 Å². The number of non-ortho nitro benzene ring substituents is 1. The summed E-state index contributed by atoms with van der Waals surface area (Å²) in [6, 6.07) is 17.4. The number of nitro benzene ring substituents is 1. The highest BCUT2D eigenvalue weighted by Gasteiger charge is 2.51. The minimum Gasteiger partial charge on any atom is -0.258 e. The molecule has 0 spiro atoms. The molecule has 0 saturated heterocycles. The van der Waals surface area contributed by atoms with Crippen molar-refractivity contribution in [3.05, 3.63) is 75.8 Å². The van der Waals surface area contributed by atoms with E-state index < -0.39 is 0 Å². The molecule has 19 heavy (non-hydrogen) atoms. The average Bonchev–Trinajstić information content (AvgIpc) is 3.14. The van der Waals surface area contributed by atoms with Gasteiger partial charge in [0.25, 0.3) is 5.69 Å². The Morgan fingerprint density at radius 2 is 1.74 bits per heavy atom. The average molecular weight is 253 g/mol. The summed E-state index contributed by atoms with van der Waals surface area (Å²) in [6.07, 6.45) is 1.11. The van der Waals surface area contributed by atoms with Gasteiger partial charge in [-0.15, -0.1) is 0 Å². The van der Waals surface area contributed by atoms with E-state index >= 15 is 0 Å². The van der Waals surface area contributed by atoms with Crippen molar-refractivity contribution in [2.75, 3.05) is 0 Å². The fourth-order valence-corrected chi connectivity index (χ4v) is 2.82. The molecule has 2 aromatic rings. The van der Waals surface area contributed by atoms with Gasteiger partial charge in [-0.25, -0.2) is 0 Å². The van der Waals surface area contributed by atoms with Crippen molar-refractivity contribution in [1.29, 1.82) is 0 Å². The molecule has 1 fully saturated rings. The number of hydrogen-bond acceptors (Lipinski definition) is 2. The van der Waals surface area contributed by atoms with Crippen LogP contribution >= 0.6 is 0 Å². The predicted octanol–water partition coefficient (Wildman–Crippen LogP) is 4.04. The zero-order valence-electron chi connectivity index (χ0n) is 10.7. The Kier molecular flexibility index (Phi) is 2.63. The van der Waals surface area contributed by atoms with Crippen molar-refractivity contribution in [1.82, 2.24) is 0 Å². The highest BCUT2D eigenvalue weighted by atomic mass is 16.6. The van der Waals surface area contributed by atoms with Gasteiger partial charge in [0.15, 0.2) is 0 Å². The van der Waals surface area contributed by atoms with E-state index in [0.717, 1.165) is 6.42 Å². The molecule has 3 nitrogen and oxygen atoms in total. The largest absolute Gasteiger partial charge is 0.269 e. The second-order valence-electron chi connectivity index (χ2n) is 5.39. The van der Waals surface area contributed by atoms with Crippen molar-refractivity contribution < 1.29 is 4.92 Å². The van der Waals surface area contributed by atoms with Crippen molar-refractivity contribution in [3.63, 3.8) is 0 Å². The van der Waals surface area contributed by atoms with Crippen LogP contribution in [0.4, 0.5) is 5.69 Å². The topological polar surface area (TPSA) is 43.1 Å². The first kappa shape index (κ1) is 11.9. The maximum absolute atomic E-state index is 10.7. The summed E-state index contributed by atoms with van der Waals surface area (Å²) in [5, 5.41) is 10.7. The van der Waals surface area contributed by atoms with Gasteiger partial charge in [-0.3, -0.25) is 10.1 Å². The summed E-state index contributed by atoms with van der Waals surface area (Å²) in [5.41, 5.74) is 2.82. The number of benzene rings is 2. The molecular formula is C16H15NO2. The number of nitrogens with zero attached hydrogens (tertiary/aromatic N) is 1. The molecule has 1 aliphatic rings. The molecule has 0 amide bonds. The highest BCUT2D eigenvalue weighted by Crippen LogP contribution is 2.60. The van der Waals surface area contributed by atoms with Crippen LogP contribution in [0.5, 0.6) is 0 Å². The van der Waals surface area contributed by atoms with Gasteiger partial charge >= 0.3 is 0 Å². The Labute approximate surface area is 112 Å². The molecule has 2 unspecified atom stereocenters. The van der Waals surface area contributed by atoms with Crippen LogP contribution in [0.3, 0.4) is 0 Å². The Morgan fingerprint density at radius 1 is 1.11 bits per heavy atom. The third kappa shape index (κ3) is 2.01. The van der Waals surface area contributed by atoms with E-state index in [4.69, 9.17) is 0 Å². The van der Waals surface area contributed by atoms with Crippen LogP contribution in [0.15, 0.2) is 54.6 Å². The second kappa shape index (κ2) is 4.19. The van der Waals surface area contributed by atoms with E-state index in [1.165, 1.54) is 11.1 Å². The molecule has 0 bridgehead atoms. The van der Waals surface area contributed by atoms with Gasteiger partial charge in [0.1, 0.15) is 0 Å². The van der Waals surface area contributed by atoms with Gasteiger partial charge in [0, 0.05) is 12.1 Å². The zero-order chi connectivity index (χ0) is 13.5. The fraction of sp³-hybridized carbons (Fsp3) is 0.250. The molecule has 3 heteroatoms. The van der Waals surface area contributed by atoms with E-state index in [0.29, 0.717) is 5.92 Å². The Hall–Kier alpha value is -2.16. The minimum absolute atomic E-state index is 0.122. The Bertz CT molecular complexity index is 606. The molecular weight excluding hydrogens is 238 g/mol. The quantitative estimate of drug-likeness (QED) is 0.612. The SMILES string of the molecule is CC1(c2ccc([N+](=O)[O-])cc2)CC1c1ccccc1. The van der Waals surface area contributed by atoms with E-state index in [2.05, 4.69) is 31.2 Å². The first-order valence-corrected chi connectivity index (χ1v) is 6.41. The van der Waals surface area contributed by atoms with Gasteiger partial charge in [-0.2, -0.15) is 0 Å². The van der Waals surface area contributed by atoms with E-state index in [1.54, 1.807) is 12.1 Å². The summed E-state index contributed by atoms with van der Waals surface area (Å²) in [4.78, 5) is 10.3. The van der Waals surface area contributed by atoms with E-state index in [-0.39, 0.29) is 16.0 Å².